The van der Waals surface area contributed by atoms with Gasteiger partial charge in [-0.25, -0.2) is 18.4 Å². The molecule has 3 aliphatic heterocycles. The molecule has 0 radical (unpaired) electrons. The molecule has 1 saturated heterocycles. The molecule has 0 aliphatic carbocycles. The van der Waals surface area contributed by atoms with E-state index in [1.807, 2.05) is 6.07 Å². The Morgan fingerprint density at radius 1 is 1.18 bits per heavy atom. The fourth-order valence-corrected chi connectivity index (χ4v) is 6.18. The van der Waals surface area contributed by atoms with Crippen molar-refractivity contribution in [1.29, 1.82) is 0 Å². The van der Waals surface area contributed by atoms with Crippen LogP contribution in [0.3, 0.4) is 0 Å². The van der Waals surface area contributed by atoms with Crippen molar-refractivity contribution in [2.24, 2.45) is 16.1 Å². The maximum atomic E-state index is 12.4. The molecule has 0 saturated carbocycles. The third-order valence-corrected chi connectivity index (χ3v) is 8.57. The second-order valence-electron chi connectivity index (χ2n) is 9.87. The normalized spacial score (nSPS) is 19.6. The second-order valence-corrected chi connectivity index (χ2v) is 11.9. The van der Waals surface area contributed by atoms with Gasteiger partial charge < -0.3 is 20.6 Å². The highest BCUT2D eigenvalue weighted by Gasteiger charge is 2.34. The lowest BCUT2D eigenvalue weighted by molar-refractivity contribution is 0.254. The first-order valence-electron chi connectivity index (χ1n) is 11.8. The van der Waals surface area contributed by atoms with Gasteiger partial charge in [0.1, 0.15) is 11.4 Å². The summed E-state index contributed by atoms with van der Waals surface area (Å²) >= 11 is 0. The minimum absolute atomic E-state index is 0.142. The molecule has 10 heteroatoms. The Bertz CT molecular complexity index is 1250. The Kier molecular flexibility index (Phi) is 5.86. The SMILES string of the molecule is CC1(CN)CCN(c2nc3c(nc2CO)C(N2CCCc4c2cccc4S(C)(=O)=O)=NC3)CC1. The number of hydrogen-bond donors (Lipinski definition) is 2. The van der Waals surface area contributed by atoms with Crippen molar-refractivity contribution in [2.75, 3.05) is 42.2 Å². The molecule has 34 heavy (non-hydrogen) atoms. The van der Waals surface area contributed by atoms with E-state index in [0.29, 0.717) is 41.6 Å². The molecule has 0 amide bonds. The van der Waals surface area contributed by atoms with Crippen molar-refractivity contribution >= 4 is 27.2 Å². The van der Waals surface area contributed by atoms with E-state index in [4.69, 9.17) is 20.7 Å². The van der Waals surface area contributed by atoms with Gasteiger partial charge in [0, 0.05) is 31.6 Å². The molecule has 4 heterocycles. The number of aliphatic hydroxyl groups is 1. The van der Waals surface area contributed by atoms with Crippen LogP contribution in [0.2, 0.25) is 0 Å². The number of benzene rings is 1. The first kappa shape index (κ1) is 23.2. The quantitative estimate of drug-likeness (QED) is 0.671. The van der Waals surface area contributed by atoms with E-state index < -0.39 is 9.84 Å². The molecule has 182 valence electrons. The van der Waals surface area contributed by atoms with Crippen LogP contribution in [-0.2, 0) is 29.4 Å². The number of anilines is 2. The number of nitrogens with two attached hydrogens (primary N) is 1. The second kappa shape index (κ2) is 8.58. The molecule has 3 N–H and O–H groups in total. The Balaban J connectivity index is 1.49. The van der Waals surface area contributed by atoms with Gasteiger partial charge in [-0.1, -0.05) is 13.0 Å². The largest absolute Gasteiger partial charge is 0.390 e. The lowest BCUT2D eigenvalue weighted by Crippen LogP contribution is -2.43. The van der Waals surface area contributed by atoms with E-state index in [2.05, 4.69) is 16.7 Å². The van der Waals surface area contributed by atoms with Crippen LogP contribution in [-0.4, -0.2) is 61.8 Å². The maximum absolute atomic E-state index is 12.4. The number of amidine groups is 1. The monoisotopic (exact) mass is 484 g/mol. The van der Waals surface area contributed by atoms with Crippen molar-refractivity contribution in [3.05, 3.63) is 40.8 Å². The molecule has 1 fully saturated rings. The highest BCUT2D eigenvalue weighted by atomic mass is 32.2. The number of aliphatic imine (C=N–C) groups is 1. The molecule has 1 aromatic carbocycles. The van der Waals surface area contributed by atoms with Gasteiger partial charge in [-0.15, -0.1) is 0 Å². The van der Waals surface area contributed by atoms with Crippen LogP contribution >= 0.6 is 0 Å². The summed E-state index contributed by atoms with van der Waals surface area (Å²) in [6, 6.07) is 5.40. The first-order valence-corrected chi connectivity index (χ1v) is 13.7. The van der Waals surface area contributed by atoms with Crippen LogP contribution in [0.25, 0.3) is 0 Å². The van der Waals surface area contributed by atoms with E-state index in [-0.39, 0.29) is 12.0 Å². The molecule has 1 aromatic heterocycles. The van der Waals surface area contributed by atoms with E-state index in [1.165, 1.54) is 6.26 Å². The van der Waals surface area contributed by atoms with Gasteiger partial charge in [0.25, 0.3) is 0 Å². The maximum Gasteiger partial charge on any atom is 0.175 e. The van der Waals surface area contributed by atoms with Crippen LogP contribution in [0.15, 0.2) is 28.1 Å². The highest BCUT2D eigenvalue weighted by molar-refractivity contribution is 7.90. The fraction of sp³-hybridized carbons (Fsp3) is 0.542. The molecule has 0 bridgehead atoms. The number of rotatable bonds is 4. The summed E-state index contributed by atoms with van der Waals surface area (Å²) in [6.07, 6.45) is 4.73. The lowest BCUT2D eigenvalue weighted by Gasteiger charge is -2.39. The van der Waals surface area contributed by atoms with E-state index >= 15 is 0 Å². The summed E-state index contributed by atoms with van der Waals surface area (Å²) in [5, 5.41) is 10.1. The van der Waals surface area contributed by atoms with Gasteiger partial charge >= 0.3 is 0 Å². The average Bonchev–Trinajstić information content (AvgIpc) is 3.25. The predicted molar refractivity (Wildman–Crippen MR) is 132 cm³/mol. The van der Waals surface area contributed by atoms with Crippen molar-refractivity contribution < 1.29 is 13.5 Å². The van der Waals surface area contributed by atoms with Crippen LogP contribution < -0.4 is 15.5 Å². The number of nitrogens with zero attached hydrogens (tertiary/aromatic N) is 5. The molecule has 2 aromatic rings. The standard InChI is InChI=1S/C24H32N6O3S/c1-24(15-25)8-11-29(12-9-24)22-18(14-31)27-21-17(28-22)13-26-23(21)30-10-4-5-16-19(30)6-3-7-20(16)34(2,32)33/h3,6-7,31H,4-5,8-15,25H2,1-2H3. The summed E-state index contributed by atoms with van der Waals surface area (Å²) in [5.41, 5.74) is 9.81. The molecule has 5 rings (SSSR count). The Hall–Kier alpha value is -2.56. The number of hydrogen-bond acceptors (Lipinski definition) is 9. The summed E-state index contributed by atoms with van der Waals surface area (Å²) in [4.78, 5) is 19.1. The van der Waals surface area contributed by atoms with Crippen LogP contribution in [0.1, 0.15) is 48.8 Å². The fourth-order valence-electron chi connectivity index (χ4n) is 5.20. The third-order valence-electron chi connectivity index (χ3n) is 7.38. The Morgan fingerprint density at radius 3 is 2.62 bits per heavy atom. The van der Waals surface area contributed by atoms with Crippen molar-refractivity contribution in [2.45, 2.75) is 50.7 Å². The van der Waals surface area contributed by atoms with Gasteiger partial charge in [0.2, 0.25) is 0 Å². The zero-order valence-corrected chi connectivity index (χ0v) is 20.6. The van der Waals surface area contributed by atoms with Crippen LogP contribution in [0.4, 0.5) is 11.5 Å². The molecular formula is C24H32N6O3S. The zero-order valence-electron chi connectivity index (χ0n) is 19.8. The number of aliphatic hydroxyl groups excluding tert-OH is 1. The lowest BCUT2D eigenvalue weighted by atomic mass is 9.80. The van der Waals surface area contributed by atoms with Gasteiger partial charge in [-0.3, -0.25) is 4.99 Å². The van der Waals surface area contributed by atoms with E-state index in [0.717, 1.165) is 61.7 Å². The van der Waals surface area contributed by atoms with Crippen LogP contribution in [0.5, 0.6) is 0 Å². The molecule has 0 spiro atoms. The summed E-state index contributed by atoms with van der Waals surface area (Å²) < 4.78 is 24.7. The average molecular weight is 485 g/mol. The molecular weight excluding hydrogens is 452 g/mol. The minimum atomic E-state index is -3.33. The number of piperidine rings is 1. The van der Waals surface area contributed by atoms with Crippen molar-refractivity contribution in [3.63, 3.8) is 0 Å². The van der Waals surface area contributed by atoms with Gasteiger partial charge in [0.15, 0.2) is 21.5 Å². The van der Waals surface area contributed by atoms with Gasteiger partial charge in [-0.05, 0) is 55.3 Å². The number of sulfone groups is 1. The van der Waals surface area contributed by atoms with E-state index in [9.17, 15) is 13.5 Å². The molecule has 3 aliphatic rings. The Morgan fingerprint density at radius 2 is 1.94 bits per heavy atom. The van der Waals surface area contributed by atoms with Gasteiger partial charge in [0.05, 0.1) is 23.7 Å². The zero-order chi connectivity index (χ0) is 24.1. The van der Waals surface area contributed by atoms with Crippen molar-refractivity contribution in [3.8, 4) is 0 Å². The molecule has 0 atom stereocenters. The highest BCUT2D eigenvalue weighted by Crippen LogP contribution is 2.36. The minimum Gasteiger partial charge on any atom is -0.390 e. The number of aromatic nitrogens is 2. The first-order chi connectivity index (χ1) is 16.2. The van der Waals surface area contributed by atoms with E-state index in [1.54, 1.807) is 12.1 Å². The summed E-state index contributed by atoms with van der Waals surface area (Å²) in [5.74, 6) is 1.43. The Labute approximate surface area is 200 Å². The van der Waals surface area contributed by atoms with Gasteiger partial charge in [-0.2, -0.15) is 0 Å². The van der Waals surface area contributed by atoms with Crippen molar-refractivity contribution in [1.82, 2.24) is 9.97 Å². The van der Waals surface area contributed by atoms with Crippen LogP contribution in [0, 0.1) is 5.41 Å². The molecule has 9 nitrogen and oxygen atoms in total. The topological polar surface area (TPSA) is 125 Å². The summed E-state index contributed by atoms with van der Waals surface area (Å²) in [6.45, 7) is 5.48. The predicted octanol–water partition coefficient (Wildman–Crippen LogP) is 1.65. The molecule has 0 unspecified atom stereocenters. The smallest absolute Gasteiger partial charge is 0.175 e. The number of fused-ring (bicyclic) bond motifs is 2. The third kappa shape index (κ3) is 3.97. The summed E-state index contributed by atoms with van der Waals surface area (Å²) in [7, 11) is -3.33.